The molecule has 1 N–H and O–H groups in total. The Morgan fingerprint density at radius 2 is 1.68 bits per heavy atom. The standard InChI is InChI=1S/C19H24O9/c1-11(21)24-10-17-19(26-13(3)23)16(25-12(2)22)8-18(28-17)27-15-6-4-14(9-20)5-7-15/h4-7,16-20H,8-10H2,1-3H3/t16-,17-,18-,19-/m1/s1. The SMILES string of the molecule is CC(=O)OC[C@H]1O[C@@H](Oc2ccc(CO)cc2)C[C@@H](OC(C)=O)[C@H]1OC(C)=O. The van der Waals surface area contributed by atoms with Gasteiger partial charge in [0.25, 0.3) is 0 Å². The molecule has 1 aliphatic rings. The number of aliphatic hydroxyl groups excluding tert-OH is 1. The van der Waals surface area contributed by atoms with Crippen LogP contribution in [-0.2, 0) is 39.9 Å². The first-order valence-corrected chi connectivity index (χ1v) is 8.78. The van der Waals surface area contributed by atoms with Crippen LogP contribution in [0.1, 0.15) is 32.8 Å². The maximum absolute atomic E-state index is 11.5. The third-order valence-electron chi connectivity index (χ3n) is 3.93. The van der Waals surface area contributed by atoms with Gasteiger partial charge in [0.2, 0.25) is 6.29 Å². The van der Waals surface area contributed by atoms with Crippen LogP contribution in [0.25, 0.3) is 0 Å². The van der Waals surface area contributed by atoms with Gasteiger partial charge in [0.15, 0.2) is 6.10 Å². The molecule has 1 heterocycles. The average molecular weight is 396 g/mol. The van der Waals surface area contributed by atoms with Crippen molar-refractivity contribution in [2.24, 2.45) is 0 Å². The lowest BCUT2D eigenvalue weighted by Gasteiger charge is -2.39. The van der Waals surface area contributed by atoms with Gasteiger partial charge in [0.1, 0.15) is 24.6 Å². The van der Waals surface area contributed by atoms with E-state index in [1.54, 1.807) is 24.3 Å². The van der Waals surface area contributed by atoms with Crippen molar-refractivity contribution >= 4 is 17.9 Å². The first-order chi connectivity index (χ1) is 13.3. The molecule has 1 aromatic carbocycles. The first-order valence-electron chi connectivity index (χ1n) is 8.78. The van der Waals surface area contributed by atoms with E-state index in [9.17, 15) is 14.4 Å². The van der Waals surface area contributed by atoms with Crippen LogP contribution >= 0.6 is 0 Å². The molecule has 1 aliphatic heterocycles. The Kier molecular flexibility index (Phi) is 7.77. The second-order valence-electron chi connectivity index (χ2n) is 6.28. The predicted octanol–water partition coefficient (Wildman–Crippen LogP) is 1.10. The summed E-state index contributed by atoms with van der Waals surface area (Å²) in [5.41, 5.74) is 0.720. The second-order valence-corrected chi connectivity index (χ2v) is 6.28. The Hall–Kier alpha value is -2.65. The van der Waals surface area contributed by atoms with E-state index in [2.05, 4.69) is 0 Å². The van der Waals surface area contributed by atoms with Crippen LogP contribution < -0.4 is 4.74 Å². The minimum Gasteiger partial charge on any atom is -0.465 e. The molecule has 1 saturated heterocycles. The molecule has 0 unspecified atom stereocenters. The highest BCUT2D eigenvalue weighted by Crippen LogP contribution is 2.28. The van der Waals surface area contributed by atoms with E-state index in [1.165, 1.54) is 20.8 Å². The van der Waals surface area contributed by atoms with Crippen LogP contribution in [0.15, 0.2) is 24.3 Å². The molecular weight excluding hydrogens is 372 g/mol. The summed E-state index contributed by atoms with van der Waals surface area (Å²) < 4.78 is 27.1. The normalized spacial score (nSPS) is 24.1. The van der Waals surface area contributed by atoms with Gasteiger partial charge in [-0.1, -0.05) is 12.1 Å². The van der Waals surface area contributed by atoms with Crippen molar-refractivity contribution in [3.8, 4) is 5.75 Å². The van der Waals surface area contributed by atoms with Crippen molar-refractivity contribution in [3.63, 3.8) is 0 Å². The van der Waals surface area contributed by atoms with Gasteiger partial charge in [-0.15, -0.1) is 0 Å². The van der Waals surface area contributed by atoms with Crippen LogP contribution in [0.4, 0.5) is 0 Å². The number of esters is 3. The number of rotatable bonds is 7. The van der Waals surface area contributed by atoms with Crippen LogP contribution in [-0.4, -0.2) is 54.2 Å². The highest BCUT2D eigenvalue weighted by Gasteiger charge is 2.44. The van der Waals surface area contributed by atoms with Crippen molar-refractivity contribution in [1.29, 1.82) is 0 Å². The van der Waals surface area contributed by atoms with Crippen molar-refractivity contribution in [2.75, 3.05) is 6.61 Å². The van der Waals surface area contributed by atoms with Gasteiger partial charge >= 0.3 is 17.9 Å². The molecule has 0 saturated carbocycles. The lowest BCUT2D eigenvalue weighted by Crippen LogP contribution is -2.54. The van der Waals surface area contributed by atoms with Gasteiger partial charge in [0, 0.05) is 20.8 Å². The van der Waals surface area contributed by atoms with Crippen LogP contribution in [0.3, 0.4) is 0 Å². The summed E-state index contributed by atoms with van der Waals surface area (Å²) in [7, 11) is 0. The number of benzene rings is 1. The summed E-state index contributed by atoms with van der Waals surface area (Å²) in [6.45, 7) is 3.41. The molecule has 0 radical (unpaired) electrons. The molecule has 0 bridgehead atoms. The molecule has 1 aromatic rings. The number of carbonyl (C=O) groups excluding carboxylic acids is 3. The van der Waals surface area contributed by atoms with Crippen molar-refractivity contribution in [2.45, 2.75) is 58.4 Å². The summed E-state index contributed by atoms with van der Waals surface area (Å²) in [5.74, 6) is -1.20. The molecule has 4 atom stereocenters. The molecule has 0 aliphatic carbocycles. The predicted molar refractivity (Wildman–Crippen MR) is 94.0 cm³/mol. The highest BCUT2D eigenvalue weighted by atomic mass is 16.7. The smallest absolute Gasteiger partial charge is 0.303 e. The van der Waals surface area contributed by atoms with Gasteiger partial charge in [-0.25, -0.2) is 0 Å². The fraction of sp³-hybridized carbons (Fsp3) is 0.526. The van der Waals surface area contributed by atoms with Gasteiger partial charge in [0.05, 0.1) is 13.0 Å². The second kappa shape index (κ2) is 10.0. The molecular formula is C19H24O9. The zero-order valence-corrected chi connectivity index (χ0v) is 16.0. The van der Waals surface area contributed by atoms with E-state index in [0.717, 1.165) is 5.56 Å². The largest absolute Gasteiger partial charge is 0.465 e. The van der Waals surface area contributed by atoms with E-state index in [1.807, 2.05) is 0 Å². The van der Waals surface area contributed by atoms with Crippen molar-refractivity contribution < 1.29 is 43.2 Å². The minimum absolute atomic E-state index is 0.0940. The minimum atomic E-state index is -0.947. The maximum atomic E-state index is 11.5. The molecule has 0 amide bonds. The lowest BCUT2D eigenvalue weighted by molar-refractivity contribution is -0.245. The summed E-state index contributed by atoms with van der Waals surface area (Å²) in [5, 5.41) is 9.11. The maximum Gasteiger partial charge on any atom is 0.303 e. The Morgan fingerprint density at radius 3 is 2.21 bits per heavy atom. The summed E-state index contributed by atoms with van der Waals surface area (Å²) >= 11 is 0. The molecule has 154 valence electrons. The molecule has 28 heavy (non-hydrogen) atoms. The number of aliphatic hydroxyl groups is 1. The van der Waals surface area contributed by atoms with E-state index >= 15 is 0 Å². The van der Waals surface area contributed by atoms with E-state index in [4.69, 9.17) is 28.8 Å². The Morgan fingerprint density at radius 1 is 1.04 bits per heavy atom. The third kappa shape index (κ3) is 6.50. The fourth-order valence-corrected chi connectivity index (χ4v) is 2.80. The zero-order chi connectivity index (χ0) is 20.7. The fourth-order valence-electron chi connectivity index (χ4n) is 2.80. The van der Waals surface area contributed by atoms with Crippen molar-refractivity contribution in [3.05, 3.63) is 29.8 Å². The van der Waals surface area contributed by atoms with Crippen LogP contribution in [0.5, 0.6) is 5.75 Å². The molecule has 9 heteroatoms. The number of hydrogen-bond donors (Lipinski definition) is 1. The molecule has 0 spiro atoms. The quantitative estimate of drug-likeness (QED) is 0.534. The average Bonchev–Trinajstić information content (AvgIpc) is 2.62. The highest BCUT2D eigenvalue weighted by molar-refractivity contribution is 5.67. The number of hydrogen-bond acceptors (Lipinski definition) is 9. The van der Waals surface area contributed by atoms with E-state index < -0.39 is 42.5 Å². The number of carbonyl (C=O) groups is 3. The van der Waals surface area contributed by atoms with Crippen LogP contribution in [0.2, 0.25) is 0 Å². The number of ether oxygens (including phenoxy) is 5. The summed E-state index contributed by atoms with van der Waals surface area (Å²) in [4.78, 5) is 34.2. The molecule has 0 aromatic heterocycles. The third-order valence-corrected chi connectivity index (χ3v) is 3.93. The molecule has 2 rings (SSSR count). The van der Waals surface area contributed by atoms with E-state index in [-0.39, 0.29) is 19.6 Å². The van der Waals surface area contributed by atoms with Gasteiger partial charge < -0.3 is 28.8 Å². The van der Waals surface area contributed by atoms with Gasteiger partial charge in [-0.2, -0.15) is 0 Å². The molecule has 1 fully saturated rings. The van der Waals surface area contributed by atoms with Gasteiger partial charge in [-0.05, 0) is 17.7 Å². The zero-order valence-electron chi connectivity index (χ0n) is 16.0. The first kappa shape index (κ1) is 21.6. The topological polar surface area (TPSA) is 118 Å². The molecule has 9 nitrogen and oxygen atoms in total. The Labute approximate surface area is 162 Å². The van der Waals surface area contributed by atoms with Crippen molar-refractivity contribution in [1.82, 2.24) is 0 Å². The summed E-state index contributed by atoms with van der Waals surface area (Å²) in [6.07, 6.45) is -3.39. The van der Waals surface area contributed by atoms with Gasteiger partial charge in [-0.3, -0.25) is 14.4 Å². The Balaban J connectivity index is 2.18. The van der Waals surface area contributed by atoms with Crippen LogP contribution in [0, 0.1) is 0 Å². The monoisotopic (exact) mass is 396 g/mol. The lowest BCUT2D eigenvalue weighted by atomic mass is 10.0. The van der Waals surface area contributed by atoms with E-state index in [0.29, 0.717) is 5.75 Å². The summed E-state index contributed by atoms with van der Waals surface area (Å²) in [6, 6.07) is 6.71. The Bertz CT molecular complexity index is 685.